The monoisotopic (exact) mass is 481 g/mol. The van der Waals surface area contributed by atoms with E-state index >= 15 is 0 Å². The molecular formula is C26H43NO5S. The van der Waals surface area contributed by atoms with Gasteiger partial charge in [-0.25, -0.2) is 0 Å². The van der Waals surface area contributed by atoms with Crippen LogP contribution in [0.1, 0.15) is 85.0 Å². The van der Waals surface area contributed by atoms with Gasteiger partial charge in [0.1, 0.15) is 0 Å². The molecule has 188 valence electrons. The van der Waals surface area contributed by atoms with Crippen LogP contribution in [0.2, 0.25) is 0 Å². The summed E-state index contributed by atoms with van der Waals surface area (Å²) in [7, 11) is -4.04. The number of hydrogen-bond donors (Lipinski definition) is 3. The molecule has 7 heteroatoms. The molecule has 3 fully saturated rings. The Bertz CT molecular complexity index is 885. The molecule has 0 spiro atoms. The molecule has 0 saturated heterocycles. The molecule has 33 heavy (non-hydrogen) atoms. The molecule has 6 nitrogen and oxygen atoms in total. The van der Waals surface area contributed by atoms with E-state index in [0.29, 0.717) is 23.7 Å². The van der Waals surface area contributed by atoms with Gasteiger partial charge in [-0.3, -0.25) is 9.35 Å². The van der Waals surface area contributed by atoms with Gasteiger partial charge in [0.15, 0.2) is 0 Å². The molecule has 4 rings (SSSR count). The van der Waals surface area contributed by atoms with Crippen molar-refractivity contribution in [2.75, 3.05) is 12.3 Å². The summed E-state index contributed by atoms with van der Waals surface area (Å²) in [5.41, 5.74) is 2.12. The van der Waals surface area contributed by atoms with Crippen LogP contribution in [0.5, 0.6) is 0 Å². The highest BCUT2D eigenvalue weighted by atomic mass is 32.2. The fourth-order valence-electron chi connectivity index (χ4n) is 8.58. The second-order valence-corrected chi connectivity index (χ2v) is 13.6. The van der Waals surface area contributed by atoms with Crippen molar-refractivity contribution in [1.82, 2.24) is 5.32 Å². The van der Waals surface area contributed by atoms with E-state index in [9.17, 15) is 18.3 Å². The molecule has 4 aliphatic rings. The predicted octanol–water partition coefficient (Wildman–Crippen LogP) is 4.35. The van der Waals surface area contributed by atoms with Crippen LogP contribution in [-0.2, 0) is 14.9 Å². The van der Waals surface area contributed by atoms with E-state index < -0.39 is 15.9 Å². The smallest absolute Gasteiger partial charge is 0.266 e. The number of nitrogens with one attached hydrogen (secondary N) is 1. The molecule has 0 aromatic carbocycles. The Balaban J connectivity index is 1.37. The standard InChI is InChI=1S/C26H43NO5S/c1-17(4-9-24(29)27-14-15-33(30,31)32)21-7-8-22-20-6-5-18-16-19(28)10-12-25(18,2)23(20)11-13-26(21,22)3/h5,17,19-23,28H,4,6-16H2,1-3H3,(H,27,29)(H,30,31,32)/t17-,19+,20?,21-,22?,23?,25+,26-/m1/s1. The Hall–Kier alpha value is -0.920. The lowest BCUT2D eigenvalue weighted by molar-refractivity contribution is -0.121. The molecule has 0 aliphatic heterocycles. The van der Waals surface area contributed by atoms with E-state index in [4.69, 9.17) is 4.55 Å². The zero-order valence-electron chi connectivity index (χ0n) is 20.6. The highest BCUT2D eigenvalue weighted by Gasteiger charge is 2.59. The van der Waals surface area contributed by atoms with E-state index in [-0.39, 0.29) is 24.0 Å². The van der Waals surface area contributed by atoms with Crippen LogP contribution in [0.3, 0.4) is 0 Å². The number of carbonyl (C=O) groups excluding carboxylic acids is 1. The first-order valence-electron chi connectivity index (χ1n) is 13.0. The zero-order chi connectivity index (χ0) is 24.0. The lowest BCUT2D eigenvalue weighted by Gasteiger charge is -2.58. The van der Waals surface area contributed by atoms with Crippen molar-refractivity contribution >= 4 is 16.0 Å². The summed E-state index contributed by atoms with van der Waals surface area (Å²) in [6.07, 6.45) is 12.7. The van der Waals surface area contributed by atoms with Crippen molar-refractivity contribution in [1.29, 1.82) is 0 Å². The third-order valence-electron chi connectivity index (χ3n) is 10.3. The van der Waals surface area contributed by atoms with Crippen molar-refractivity contribution in [3.05, 3.63) is 11.6 Å². The third kappa shape index (κ3) is 4.92. The summed E-state index contributed by atoms with van der Waals surface area (Å²) < 4.78 is 30.5. The van der Waals surface area contributed by atoms with Crippen LogP contribution in [-0.4, -0.2) is 42.4 Å². The van der Waals surface area contributed by atoms with Gasteiger partial charge in [0, 0.05) is 13.0 Å². The zero-order valence-corrected chi connectivity index (χ0v) is 21.4. The van der Waals surface area contributed by atoms with Crippen LogP contribution >= 0.6 is 0 Å². The number of fused-ring (bicyclic) bond motifs is 5. The third-order valence-corrected chi connectivity index (χ3v) is 11.1. The van der Waals surface area contributed by atoms with Crippen LogP contribution in [0.4, 0.5) is 0 Å². The number of rotatable bonds is 7. The Morgan fingerprint density at radius 2 is 1.94 bits per heavy atom. The van der Waals surface area contributed by atoms with Gasteiger partial charge in [-0.2, -0.15) is 8.42 Å². The maximum Gasteiger partial charge on any atom is 0.266 e. The molecule has 4 aliphatic carbocycles. The van der Waals surface area contributed by atoms with Gasteiger partial charge in [-0.15, -0.1) is 0 Å². The molecule has 1 amide bonds. The molecule has 0 bridgehead atoms. The lowest BCUT2D eigenvalue weighted by Crippen LogP contribution is -2.50. The minimum Gasteiger partial charge on any atom is -0.393 e. The summed E-state index contributed by atoms with van der Waals surface area (Å²) in [5, 5.41) is 12.8. The number of allylic oxidation sites excluding steroid dienone is 1. The highest BCUT2D eigenvalue weighted by Crippen LogP contribution is 2.67. The van der Waals surface area contributed by atoms with Crippen molar-refractivity contribution in [3.8, 4) is 0 Å². The minimum atomic E-state index is -4.04. The Morgan fingerprint density at radius 1 is 1.18 bits per heavy atom. The number of amides is 1. The van der Waals surface area contributed by atoms with Gasteiger partial charge in [-0.05, 0) is 98.2 Å². The molecule has 0 aromatic heterocycles. The summed E-state index contributed by atoms with van der Waals surface area (Å²) in [5.74, 6) is 2.74. The van der Waals surface area contributed by atoms with E-state index in [0.717, 1.165) is 43.4 Å². The summed E-state index contributed by atoms with van der Waals surface area (Å²) in [4.78, 5) is 12.2. The van der Waals surface area contributed by atoms with Crippen LogP contribution in [0, 0.1) is 40.4 Å². The summed E-state index contributed by atoms with van der Waals surface area (Å²) in [6, 6.07) is 0. The van der Waals surface area contributed by atoms with Crippen LogP contribution in [0.15, 0.2) is 11.6 Å². The van der Waals surface area contributed by atoms with E-state index in [1.807, 2.05) is 0 Å². The van der Waals surface area contributed by atoms with E-state index in [1.54, 1.807) is 0 Å². The number of aliphatic hydroxyl groups is 1. The van der Waals surface area contributed by atoms with Gasteiger partial charge in [0.05, 0.1) is 11.9 Å². The highest BCUT2D eigenvalue weighted by molar-refractivity contribution is 7.85. The topological polar surface area (TPSA) is 104 Å². The van der Waals surface area contributed by atoms with E-state index in [2.05, 4.69) is 32.2 Å². The fourth-order valence-corrected chi connectivity index (χ4v) is 8.94. The minimum absolute atomic E-state index is 0.0381. The van der Waals surface area contributed by atoms with Gasteiger partial charge in [-0.1, -0.05) is 32.4 Å². The summed E-state index contributed by atoms with van der Waals surface area (Å²) in [6.45, 7) is 7.24. The fraction of sp³-hybridized carbons (Fsp3) is 0.885. The molecule has 3 N–H and O–H groups in total. The SMILES string of the molecule is C[C@H](CCC(=O)NCCS(=O)(=O)O)[C@H]1CCC2C3CC=C4C[C@@H](O)CC[C@]4(C)C3CC[C@@]21C. The number of aliphatic hydroxyl groups excluding tert-OH is 1. The average molecular weight is 482 g/mol. The molecule has 0 aromatic rings. The van der Waals surface area contributed by atoms with Crippen molar-refractivity contribution in [2.24, 2.45) is 40.4 Å². The molecule has 8 atom stereocenters. The Morgan fingerprint density at radius 3 is 2.67 bits per heavy atom. The second kappa shape index (κ2) is 9.27. The number of carbonyl (C=O) groups is 1. The van der Waals surface area contributed by atoms with Crippen molar-refractivity contribution in [2.45, 2.75) is 91.1 Å². The van der Waals surface area contributed by atoms with Gasteiger partial charge in [0.2, 0.25) is 5.91 Å². The summed E-state index contributed by atoms with van der Waals surface area (Å²) >= 11 is 0. The maximum absolute atomic E-state index is 12.2. The molecule has 0 radical (unpaired) electrons. The first-order chi connectivity index (χ1) is 15.4. The molecule has 3 saturated carbocycles. The van der Waals surface area contributed by atoms with Crippen LogP contribution in [0.25, 0.3) is 0 Å². The van der Waals surface area contributed by atoms with Gasteiger partial charge in [0.25, 0.3) is 10.1 Å². The van der Waals surface area contributed by atoms with Gasteiger partial charge >= 0.3 is 0 Å². The van der Waals surface area contributed by atoms with Gasteiger partial charge < -0.3 is 10.4 Å². The quantitative estimate of drug-likeness (QED) is 0.371. The van der Waals surface area contributed by atoms with Crippen molar-refractivity contribution in [3.63, 3.8) is 0 Å². The first kappa shape index (κ1) is 25.2. The van der Waals surface area contributed by atoms with Crippen molar-refractivity contribution < 1.29 is 22.9 Å². The first-order valence-corrected chi connectivity index (χ1v) is 14.6. The average Bonchev–Trinajstić information content (AvgIpc) is 3.09. The Kier molecular flexibility index (Phi) is 7.07. The Labute approximate surface area is 199 Å². The molecular weight excluding hydrogens is 438 g/mol. The maximum atomic E-state index is 12.2. The second-order valence-electron chi connectivity index (χ2n) is 12.0. The molecule has 3 unspecified atom stereocenters. The largest absolute Gasteiger partial charge is 0.393 e. The predicted molar refractivity (Wildman–Crippen MR) is 129 cm³/mol. The normalized spacial score (nSPS) is 41.4. The van der Waals surface area contributed by atoms with E-state index in [1.165, 1.54) is 37.7 Å². The molecule has 0 heterocycles. The number of hydrogen-bond acceptors (Lipinski definition) is 4. The lowest BCUT2D eigenvalue weighted by atomic mass is 9.47. The van der Waals surface area contributed by atoms with Crippen LogP contribution < -0.4 is 5.32 Å².